The van der Waals surface area contributed by atoms with Gasteiger partial charge < -0.3 is 0 Å². The number of nitrogens with one attached hydrogen (secondary N) is 1. The second kappa shape index (κ2) is 6.36. The van der Waals surface area contributed by atoms with Crippen molar-refractivity contribution >= 4 is 17.7 Å². The van der Waals surface area contributed by atoms with Crippen LogP contribution in [0.15, 0.2) is 6.20 Å². The number of carbonyl (C=O) groups excluding carboxylic acids is 1. The standard InChI is InChI=1S/C11H20N6OS/c1-8-5-16(6-9(2)19-8)3-4-17-7-10(14-15-17)11(18)13-12/h7-9H,3-6,12H2,1-2H3,(H,13,18). The van der Waals surface area contributed by atoms with Crippen LogP contribution in [0, 0.1) is 0 Å². The van der Waals surface area contributed by atoms with Crippen LogP contribution in [0.25, 0.3) is 0 Å². The van der Waals surface area contributed by atoms with Crippen molar-refractivity contribution in [2.75, 3.05) is 19.6 Å². The molecule has 0 aromatic carbocycles. The molecular weight excluding hydrogens is 264 g/mol. The first-order valence-electron chi connectivity index (χ1n) is 6.37. The number of nitrogen functional groups attached to an aromatic ring is 1. The van der Waals surface area contributed by atoms with E-state index in [1.807, 2.05) is 17.2 Å². The molecule has 1 aromatic rings. The summed E-state index contributed by atoms with van der Waals surface area (Å²) in [6, 6.07) is 0. The smallest absolute Gasteiger partial charge is 0.287 e. The first-order chi connectivity index (χ1) is 9.08. The quantitative estimate of drug-likeness (QED) is 0.448. The molecule has 8 heteroatoms. The number of carbonyl (C=O) groups is 1. The number of aromatic nitrogens is 3. The van der Waals surface area contributed by atoms with Crippen LogP contribution in [0.3, 0.4) is 0 Å². The Morgan fingerprint density at radius 1 is 1.47 bits per heavy atom. The first kappa shape index (κ1) is 14.3. The van der Waals surface area contributed by atoms with Crippen LogP contribution in [0.5, 0.6) is 0 Å². The number of amides is 1. The summed E-state index contributed by atoms with van der Waals surface area (Å²) >= 11 is 2.03. The minimum atomic E-state index is -0.414. The average molecular weight is 284 g/mol. The number of nitrogens with zero attached hydrogens (tertiary/aromatic N) is 4. The zero-order chi connectivity index (χ0) is 13.8. The van der Waals surface area contributed by atoms with Gasteiger partial charge in [0.25, 0.3) is 5.91 Å². The third-order valence-electron chi connectivity index (χ3n) is 3.04. The predicted octanol–water partition coefficient (Wildman–Crippen LogP) is -0.293. The summed E-state index contributed by atoms with van der Waals surface area (Å²) in [6.07, 6.45) is 1.62. The lowest BCUT2D eigenvalue weighted by Crippen LogP contribution is -2.41. The van der Waals surface area contributed by atoms with Gasteiger partial charge in [-0.05, 0) is 0 Å². The zero-order valence-corrected chi connectivity index (χ0v) is 12.1. The zero-order valence-electron chi connectivity index (χ0n) is 11.2. The van der Waals surface area contributed by atoms with Crippen LogP contribution < -0.4 is 11.3 Å². The third-order valence-corrected chi connectivity index (χ3v) is 4.27. The van der Waals surface area contributed by atoms with Crippen molar-refractivity contribution in [2.24, 2.45) is 5.84 Å². The van der Waals surface area contributed by atoms with Crippen LogP contribution in [0.1, 0.15) is 24.3 Å². The molecule has 2 rings (SSSR count). The minimum Gasteiger partial charge on any atom is -0.299 e. The van der Waals surface area contributed by atoms with Crippen LogP contribution in [-0.4, -0.2) is 55.9 Å². The number of hydrogen-bond acceptors (Lipinski definition) is 6. The van der Waals surface area contributed by atoms with Gasteiger partial charge in [0, 0.05) is 30.1 Å². The van der Waals surface area contributed by atoms with Crippen molar-refractivity contribution in [1.82, 2.24) is 25.3 Å². The molecule has 2 unspecified atom stereocenters. The summed E-state index contributed by atoms with van der Waals surface area (Å²) in [5.41, 5.74) is 2.29. The molecule has 0 aliphatic carbocycles. The molecule has 1 aliphatic heterocycles. The van der Waals surface area contributed by atoms with E-state index in [1.165, 1.54) is 0 Å². The normalized spacial score (nSPS) is 24.4. The second-order valence-electron chi connectivity index (χ2n) is 4.86. The predicted molar refractivity (Wildman–Crippen MR) is 74.6 cm³/mol. The van der Waals surface area contributed by atoms with E-state index < -0.39 is 5.91 Å². The Hall–Kier alpha value is -1.12. The molecular formula is C11H20N6OS. The van der Waals surface area contributed by atoms with Crippen LogP contribution in [0.4, 0.5) is 0 Å². The fourth-order valence-electron chi connectivity index (χ4n) is 2.30. The van der Waals surface area contributed by atoms with E-state index in [1.54, 1.807) is 10.9 Å². The number of rotatable bonds is 4. The summed E-state index contributed by atoms with van der Waals surface area (Å²) in [6.45, 7) is 8.36. The summed E-state index contributed by atoms with van der Waals surface area (Å²) in [4.78, 5) is 13.7. The summed E-state index contributed by atoms with van der Waals surface area (Å²) in [7, 11) is 0. The van der Waals surface area contributed by atoms with Gasteiger partial charge in [-0.25, -0.2) is 5.84 Å². The molecule has 0 bridgehead atoms. The van der Waals surface area contributed by atoms with E-state index in [9.17, 15) is 4.79 Å². The lowest BCUT2D eigenvalue weighted by molar-refractivity contribution is 0.0948. The Morgan fingerprint density at radius 3 is 2.79 bits per heavy atom. The molecule has 0 spiro atoms. The average Bonchev–Trinajstić information content (AvgIpc) is 2.83. The molecule has 3 N–H and O–H groups in total. The summed E-state index contributed by atoms with van der Waals surface area (Å²) < 4.78 is 1.68. The highest BCUT2D eigenvalue weighted by Crippen LogP contribution is 2.24. The molecule has 0 radical (unpaired) electrons. The van der Waals surface area contributed by atoms with Gasteiger partial charge in [0.05, 0.1) is 12.7 Å². The van der Waals surface area contributed by atoms with E-state index in [2.05, 4.69) is 29.1 Å². The van der Waals surface area contributed by atoms with Crippen molar-refractivity contribution < 1.29 is 4.79 Å². The summed E-state index contributed by atoms with van der Waals surface area (Å²) in [5.74, 6) is 4.63. The number of nitrogens with two attached hydrogens (primary N) is 1. The van der Waals surface area contributed by atoms with E-state index in [-0.39, 0.29) is 5.69 Å². The maximum absolute atomic E-state index is 11.3. The van der Waals surface area contributed by atoms with Gasteiger partial charge >= 0.3 is 0 Å². The van der Waals surface area contributed by atoms with Gasteiger partial charge in [-0.2, -0.15) is 11.8 Å². The van der Waals surface area contributed by atoms with Crippen molar-refractivity contribution in [2.45, 2.75) is 30.9 Å². The van der Waals surface area contributed by atoms with Gasteiger partial charge in [-0.1, -0.05) is 19.1 Å². The van der Waals surface area contributed by atoms with E-state index in [0.29, 0.717) is 10.5 Å². The van der Waals surface area contributed by atoms with Gasteiger partial charge in [0.1, 0.15) is 0 Å². The maximum Gasteiger partial charge on any atom is 0.287 e. The molecule has 19 heavy (non-hydrogen) atoms. The van der Waals surface area contributed by atoms with Crippen LogP contribution in [0.2, 0.25) is 0 Å². The molecule has 1 fully saturated rings. The highest BCUT2D eigenvalue weighted by molar-refractivity contribution is 8.00. The van der Waals surface area contributed by atoms with Gasteiger partial charge in [0.15, 0.2) is 5.69 Å². The number of hydrazine groups is 1. The molecule has 2 atom stereocenters. The van der Waals surface area contributed by atoms with Crippen molar-refractivity contribution in [3.63, 3.8) is 0 Å². The lowest BCUT2D eigenvalue weighted by Gasteiger charge is -2.34. The molecule has 0 saturated carbocycles. The second-order valence-corrected chi connectivity index (χ2v) is 6.74. The van der Waals surface area contributed by atoms with Crippen LogP contribution in [-0.2, 0) is 6.54 Å². The van der Waals surface area contributed by atoms with E-state index in [0.717, 1.165) is 26.2 Å². The molecule has 2 heterocycles. The van der Waals surface area contributed by atoms with Crippen LogP contribution >= 0.6 is 11.8 Å². The Bertz CT molecular complexity index is 427. The monoisotopic (exact) mass is 284 g/mol. The highest BCUT2D eigenvalue weighted by Gasteiger charge is 2.21. The maximum atomic E-state index is 11.3. The topological polar surface area (TPSA) is 89.1 Å². The molecule has 1 aromatic heterocycles. The molecule has 1 amide bonds. The molecule has 1 saturated heterocycles. The lowest BCUT2D eigenvalue weighted by atomic mass is 10.3. The number of hydrogen-bond donors (Lipinski definition) is 2. The van der Waals surface area contributed by atoms with Gasteiger partial charge in [-0.15, -0.1) is 5.10 Å². The Balaban J connectivity index is 1.85. The number of thioether (sulfide) groups is 1. The minimum absolute atomic E-state index is 0.249. The third kappa shape index (κ3) is 3.92. The fraction of sp³-hybridized carbons (Fsp3) is 0.727. The first-order valence-corrected chi connectivity index (χ1v) is 7.31. The molecule has 1 aliphatic rings. The van der Waals surface area contributed by atoms with E-state index >= 15 is 0 Å². The largest absolute Gasteiger partial charge is 0.299 e. The molecule has 7 nitrogen and oxygen atoms in total. The molecule has 106 valence electrons. The highest BCUT2D eigenvalue weighted by atomic mass is 32.2. The van der Waals surface area contributed by atoms with Crippen molar-refractivity contribution in [1.29, 1.82) is 0 Å². The summed E-state index contributed by atoms with van der Waals surface area (Å²) in [5, 5.41) is 9.03. The van der Waals surface area contributed by atoms with Gasteiger partial charge in [-0.3, -0.25) is 19.8 Å². The van der Waals surface area contributed by atoms with Gasteiger partial charge in [0.2, 0.25) is 0 Å². The van der Waals surface area contributed by atoms with Crippen molar-refractivity contribution in [3.05, 3.63) is 11.9 Å². The Morgan fingerprint density at radius 2 is 2.16 bits per heavy atom. The van der Waals surface area contributed by atoms with E-state index in [4.69, 9.17) is 5.84 Å². The SMILES string of the molecule is CC1CN(CCn2cc(C(=O)NN)nn2)CC(C)S1. The Kier molecular flexibility index (Phi) is 4.78. The van der Waals surface area contributed by atoms with Crippen molar-refractivity contribution in [3.8, 4) is 0 Å². The fourth-order valence-corrected chi connectivity index (χ4v) is 3.68. The Labute approximate surface area is 116 Å².